The second kappa shape index (κ2) is 5.61. The van der Waals surface area contributed by atoms with E-state index < -0.39 is 5.54 Å². The SMILES string of the molecule is COc1c(C)cc(NC(=O)CC(C)(C)N)c(C)c1C. The molecule has 1 aromatic rings. The number of ether oxygens (including phenoxy) is 1. The first-order valence-corrected chi connectivity index (χ1v) is 6.39. The van der Waals surface area contributed by atoms with E-state index in [4.69, 9.17) is 10.5 Å². The van der Waals surface area contributed by atoms with Crippen molar-refractivity contribution >= 4 is 11.6 Å². The van der Waals surface area contributed by atoms with E-state index in [0.29, 0.717) is 0 Å². The van der Waals surface area contributed by atoms with Gasteiger partial charge in [-0.2, -0.15) is 0 Å². The highest BCUT2D eigenvalue weighted by molar-refractivity contribution is 5.92. The maximum absolute atomic E-state index is 11.9. The second-order valence-electron chi connectivity index (χ2n) is 5.74. The molecule has 1 amide bonds. The summed E-state index contributed by atoms with van der Waals surface area (Å²) in [5, 5.41) is 2.93. The number of hydrogen-bond acceptors (Lipinski definition) is 3. The van der Waals surface area contributed by atoms with Crippen LogP contribution >= 0.6 is 0 Å². The molecule has 0 saturated heterocycles. The number of hydrogen-bond donors (Lipinski definition) is 2. The van der Waals surface area contributed by atoms with E-state index in [1.54, 1.807) is 7.11 Å². The van der Waals surface area contributed by atoms with Crippen LogP contribution in [0.1, 0.15) is 37.0 Å². The minimum absolute atomic E-state index is 0.0698. The molecule has 19 heavy (non-hydrogen) atoms. The molecule has 0 aliphatic carbocycles. The van der Waals surface area contributed by atoms with E-state index >= 15 is 0 Å². The molecule has 1 aromatic carbocycles. The molecule has 0 fully saturated rings. The standard InChI is InChI=1S/C15H24N2O2/c1-9-7-12(10(2)11(3)14(9)19-6)17-13(18)8-15(4,5)16/h7H,8,16H2,1-6H3,(H,17,18). The largest absolute Gasteiger partial charge is 0.496 e. The number of amides is 1. The molecule has 0 saturated carbocycles. The minimum Gasteiger partial charge on any atom is -0.496 e. The van der Waals surface area contributed by atoms with Crippen LogP contribution < -0.4 is 15.8 Å². The van der Waals surface area contributed by atoms with Crippen molar-refractivity contribution in [2.75, 3.05) is 12.4 Å². The highest BCUT2D eigenvalue weighted by Gasteiger charge is 2.18. The lowest BCUT2D eigenvalue weighted by Crippen LogP contribution is -2.36. The van der Waals surface area contributed by atoms with Crippen molar-refractivity contribution in [1.29, 1.82) is 0 Å². The lowest BCUT2D eigenvalue weighted by molar-refractivity contribution is -0.117. The van der Waals surface area contributed by atoms with Gasteiger partial charge >= 0.3 is 0 Å². The van der Waals surface area contributed by atoms with Gasteiger partial charge in [0.15, 0.2) is 0 Å². The number of carbonyl (C=O) groups excluding carboxylic acids is 1. The summed E-state index contributed by atoms with van der Waals surface area (Å²) in [6.07, 6.45) is 0.288. The minimum atomic E-state index is -0.505. The smallest absolute Gasteiger partial charge is 0.226 e. The average molecular weight is 264 g/mol. The third-order valence-electron chi connectivity index (χ3n) is 3.12. The Morgan fingerprint density at radius 2 is 1.89 bits per heavy atom. The molecule has 0 heterocycles. The van der Waals surface area contributed by atoms with Crippen LogP contribution in [0.15, 0.2) is 6.07 Å². The van der Waals surface area contributed by atoms with Gasteiger partial charge < -0.3 is 15.8 Å². The molecule has 1 rings (SSSR count). The molecule has 0 aromatic heterocycles. The van der Waals surface area contributed by atoms with Crippen molar-refractivity contribution in [2.45, 2.75) is 46.6 Å². The highest BCUT2D eigenvalue weighted by atomic mass is 16.5. The van der Waals surface area contributed by atoms with Gasteiger partial charge in [0.2, 0.25) is 5.91 Å². The van der Waals surface area contributed by atoms with E-state index in [9.17, 15) is 4.79 Å². The van der Waals surface area contributed by atoms with Crippen molar-refractivity contribution in [1.82, 2.24) is 0 Å². The summed E-state index contributed by atoms with van der Waals surface area (Å²) in [4.78, 5) is 11.9. The molecule has 0 aliphatic heterocycles. The highest BCUT2D eigenvalue weighted by Crippen LogP contribution is 2.31. The Kier molecular flexibility index (Phi) is 4.58. The van der Waals surface area contributed by atoms with Crippen molar-refractivity contribution in [3.63, 3.8) is 0 Å². The van der Waals surface area contributed by atoms with Crippen molar-refractivity contribution in [3.05, 3.63) is 22.8 Å². The maximum atomic E-state index is 11.9. The number of carbonyl (C=O) groups is 1. The van der Waals surface area contributed by atoms with Crippen LogP contribution in [0.5, 0.6) is 5.75 Å². The van der Waals surface area contributed by atoms with E-state index in [1.165, 1.54) is 0 Å². The summed E-state index contributed by atoms with van der Waals surface area (Å²) < 4.78 is 5.36. The summed E-state index contributed by atoms with van der Waals surface area (Å²) >= 11 is 0. The Labute approximate surface area is 115 Å². The van der Waals surface area contributed by atoms with Crippen LogP contribution in [0.2, 0.25) is 0 Å². The Morgan fingerprint density at radius 1 is 1.32 bits per heavy atom. The molecule has 0 atom stereocenters. The van der Waals surface area contributed by atoms with Gasteiger partial charge in [-0.05, 0) is 57.4 Å². The van der Waals surface area contributed by atoms with E-state index in [1.807, 2.05) is 40.7 Å². The molecule has 4 nitrogen and oxygen atoms in total. The van der Waals surface area contributed by atoms with Crippen molar-refractivity contribution in [2.24, 2.45) is 5.73 Å². The van der Waals surface area contributed by atoms with Gasteiger partial charge in [-0.1, -0.05) is 0 Å². The summed E-state index contributed by atoms with van der Waals surface area (Å²) in [7, 11) is 1.66. The topological polar surface area (TPSA) is 64.3 Å². The number of nitrogens with two attached hydrogens (primary N) is 1. The van der Waals surface area contributed by atoms with Crippen LogP contribution in [0, 0.1) is 20.8 Å². The molecule has 0 unspecified atom stereocenters. The Balaban J connectivity index is 3.00. The normalized spacial score (nSPS) is 11.3. The maximum Gasteiger partial charge on any atom is 0.226 e. The Hall–Kier alpha value is -1.55. The fourth-order valence-corrected chi connectivity index (χ4v) is 2.11. The van der Waals surface area contributed by atoms with E-state index in [0.717, 1.165) is 28.1 Å². The summed E-state index contributed by atoms with van der Waals surface area (Å²) in [5.74, 6) is 0.800. The fourth-order valence-electron chi connectivity index (χ4n) is 2.11. The first-order chi connectivity index (χ1) is 8.65. The Morgan fingerprint density at radius 3 is 2.37 bits per heavy atom. The number of benzene rings is 1. The molecular weight excluding hydrogens is 240 g/mol. The van der Waals surface area contributed by atoms with Gasteiger partial charge in [-0.3, -0.25) is 4.79 Å². The zero-order valence-corrected chi connectivity index (χ0v) is 12.7. The molecule has 0 radical (unpaired) electrons. The fraction of sp³-hybridized carbons (Fsp3) is 0.533. The number of aryl methyl sites for hydroxylation is 1. The molecular formula is C15H24N2O2. The molecule has 0 bridgehead atoms. The number of nitrogens with one attached hydrogen (secondary N) is 1. The van der Waals surface area contributed by atoms with Crippen LogP contribution in [0.4, 0.5) is 5.69 Å². The van der Waals surface area contributed by atoms with E-state index in [2.05, 4.69) is 5.32 Å². The summed E-state index contributed by atoms with van der Waals surface area (Å²) in [5.41, 5.74) is 9.24. The second-order valence-corrected chi connectivity index (χ2v) is 5.74. The van der Waals surface area contributed by atoms with Crippen LogP contribution in [0.25, 0.3) is 0 Å². The lowest BCUT2D eigenvalue weighted by Gasteiger charge is -2.20. The van der Waals surface area contributed by atoms with Gasteiger partial charge in [-0.15, -0.1) is 0 Å². The van der Waals surface area contributed by atoms with E-state index in [-0.39, 0.29) is 12.3 Å². The zero-order valence-electron chi connectivity index (χ0n) is 12.7. The first-order valence-electron chi connectivity index (χ1n) is 6.39. The number of rotatable bonds is 4. The number of anilines is 1. The van der Waals surface area contributed by atoms with Crippen LogP contribution in [-0.4, -0.2) is 18.6 Å². The van der Waals surface area contributed by atoms with Gasteiger partial charge in [-0.25, -0.2) is 0 Å². The Bertz CT molecular complexity index is 488. The molecule has 4 heteroatoms. The molecule has 0 spiro atoms. The monoisotopic (exact) mass is 264 g/mol. The molecule has 0 aliphatic rings. The number of methoxy groups -OCH3 is 1. The van der Waals surface area contributed by atoms with Gasteiger partial charge in [0.25, 0.3) is 0 Å². The third-order valence-corrected chi connectivity index (χ3v) is 3.12. The van der Waals surface area contributed by atoms with Crippen molar-refractivity contribution in [3.8, 4) is 5.75 Å². The van der Waals surface area contributed by atoms with Gasteiger partial charge in [0, 0.05) is 17.6 Å². The van der Waals surface area contributed by atoms with Crippen molar-refractivity contribution < 1.29 is 9.53 Å². The van der Waals surface area contributed by atoms with Gasteiger partial charge in [0.1, 0.15) is 5.75 Å². The molecule has 3 N–H and O–H groups in total. The summed E-state index contributed by atoms with van der Waals surface area (Å²) in [6.45, 7) is 9.60. The zero-order chi connectivity index (χ0) is 14.8. The first kappa shape index (κ1) is 15.5. The summed E-state index contributed by atoms with van der Waals surface area (Å²) in [6, 6.07) is 1.93. The quantitative estimate of drug-likeness (QED) is 0.878. The van der Waals surface area contributed by atoms with Crippen LogP contribution in [0.3, 0.4) is 0 Å². The third kappa shape index (κ3) is 3.96. The predicted molar refractivity (Wildman–Crippen MR) is 78.7 cm³/mol. The van der Waals surface area contributed by atoms with Gasteiger partial charge in [0.05, 0.1) is 7.11 Å². The lowest BCUT2D eigenvalue weighted by atomic mass is 10.0. The average Bonchev–Trinajstić information content (AvgIpc) is 2.23. The molecule has 106 valence electrons. The van der Waals surface area contributed by atoms with Crippen LogP contribution in [-0.2, 0) is 4.79 Å². The predicted octanol–water partition coefficient (Wildman–Crippen LogP) is 2.69.